The van der Waals surface area contributed by atoms with Gasteiger partial charge in [0.2, 0.25) is 5.28 Å². The largest absolute Gasteiger partial charge is 0.381 e. The van der Waals surface area contributed by atoms with Gasteiger partial charge in [-0.05, 0) is 37.3 Å². The number of amides is 1. The van der Waals surface area contributed by atoms with E-state index in [2.05, 4.69) is 20.3 Å². The zero-order valence-electron chi connectivity index (χ0n) is 11.6. The van der Waals surface area contributed by atoms with Crippen LogP contribution in [0.1, 0.15) is 28.3 Å². The van der Waals surface area contributed by atoms with Crippen LogP contribution < -0.4 is 5.32 Å². The minimum atomic E-state index is -0.223. The van der Waals surface area contributed by atoms with Gasteiger partial charge in [-0.3, -0.25) is 4.79 Å². The van der Waals surface area contributed by atoms with E-state index in [9.17, 15) is 4.79 Å². The van der Waals surface area contributed by atoms with Crippen molar-refractivity contribution in [2.24, 2.45) is 5.92 Å². The number of rotatable bonds is 3. The average molecular weight is 327 g/mol. The zero-order chi connectivity index (χ0) is 14.8. The van der Waals surface area contributed by atoms with Gasteiger partial charge in [-0.2, -0.15) is 4.98 Å². The predicted molar refractivity (Wildman–Crippen MR) is 80.8 cm³/mol. The molecule has 0 unspecified atom stereocenters. The molecule has 1 amide bonds. The number of aryl methyl sites for hydroxylation is 1. The quantitative estimate of drug-likeness (QED) is 0.875. The first-order valence-corrected chi connectivity index (χ1v) is 7.99. The maximum absolute atomic E-state index is 12.4. The molecule has 1 fully saturated rings. The molecule has 0 atom stereocenters. The number of carbonyl (C=O) groups is 1. The second-order valence-electron chi connectivity index (χ2n) is 4.99. The molecule has 0 saturated carbocycles. The van der Waals surface area contributed by atoms with Gasteiger partial charge in [-0.1, -0.05) is 0 Å². The van der Waals surface area contributed by atoms with Gasteiger partial charge in [-0.15, -0.1) is 11.3 Å². The van der Waals surface area contributed by atoms with E-state index in [1.165, 1.54) is 11.3 Å². The van der Waals surface area contributed by atoms with Crippen LogP contribution in [0.5, 0.6) is 0 Å². The monoisotopic (exact) mass is 326 g/mol. The van der Waals surface area contributed by atoms with Gasteiger partial charge in [0.25, 0.3) is 5.91 Å². The molecule has 6 nitrogen and oxygen atoms in total. The summed E-state index contributed by atoms with van der Waals surface area (Å²) in [5, 5.41) is 3.81. The summed E-state index contributed by atoms with van der Waals surface area (Å²) >= 11 is 7.27. The van der Waals surface area contributed by atoms with Crippen LogP contribution in [0.3, 0.4) is 0 Å². The molecule has 21 heavy (non-hydrogen) atoms. The Morgan fingerprint density at radius 1 is 1.38 bits per heavy atom. The molecule has 1 aliphatic rings. The Kier molecular flexibility index (Phi) is 4.32. The number of thiazole rings is 1. The van der Waals surface area contributed by atoms with Crippen LogP contribution in [-0.4, -0.2) is 40.6 Å². The topological polar surface area (TPSA) is 77.0 Å². The SMILES string of the molecule is Cc1nc2nc(Cl)nc(C(=O)NCC3CCOCC3)c2s1. The highest BCUT2D eigenvalue weighted by molar-refractivity contribution is 7.18. The van der Waals surface area contributed by atoms with E-state index in [0.29, 0.717) is 28.5 Å². The zero-order valence-corrected chi connectivity index (χ0v) is 13.1. The van der Waals surface area contributed by atoms with Gasteiger partial charge in [0, 0.05) is 19.8 Å². The predicted octanol–water partition coefficient (Wildman–Crippen LogP) is 2.20. The lowest BCUT2D eigenvalue weighted by Gasteiger charge is -2.22. The molecule has 3 heterocycles. The van der Waals surface area contributed by atoms with E-state index in [1.807, 2.05) is 6.92 Å². The molecule has 1 saturated heterocycles. The molecule has 3 rings (SSSR count). The minimum absolute atomic E-state index is 0.0454. The van der Waals surface area contributed by atoms with Crippen molar-refractivity contribution in [2.75, 3.05) is 19.8 Å². The van der Waals surface area contributed by atoms with Crippen LogP contribution in [0.4, 0.5) is 0 Å². The van der Waals surface area contributed by atoms with Crippen LogP contribution in [0.25, 0.3) is 10.3 Å². The summed E-state index contributed by atoms with van der Waals surface area (Å²) in [4.78, 5) is 24.7. The van der Waals surface area contributed by atoms with E-state index < -0.39 is 0 Å². The van der Waals surface area contributed by atoms with Crippen molar-refractivity contribution in [1.29, 1.82) is 0 Å². The minimum Gasteiger partial charge on any atom is -0.381 e. The van der Waals surface area contributed by atoms with Crippen molar-refractivity contribution in [1.82, 2.24) is 20.3 Å². The van der Waals surface area contributed by atoms with Gasteiger partial charge in [0.15, 0.2) is 11.3 Å². The van der Waals surface area contributed by atoms with E-state index in [4.69, 9.17) is 16.3 Å². The number of nitrogens with one attached hydrogen (secondary N) is 1. The first kappa shape index (κ1) is 14.6. The maximum Gasteiger partial charge on any atom is 0.271 e. The molecule has 8 heteroatoms. The molecule has 2 aromatic rings. The molecular weight excluding hydrogens is 312 g/mol. The fraction of sp³-hybridized carbons (Fsp3) is 0.538. The highest BCUT2D eigenvalue weighted by Crippen LogP contribution is 2.24. The maximum atomic E-state index is 12.4. The van der Waals surface area contributed by atoms with Crippen molar-refractivity contribution >= 4 is 39.2 Å². The second kappa shape index (κ2) is 6.21. The van der Waals surface area contributed by atoms with E-state index >= 15 is 0 Å². The molecule has 0 radical (unpaired) electrons. The molecule has 2 aromatic heterocycles. The third kappa shape index (κ3) is 3.30. The fourth-order valence-electron chi connectivity index (χ4n) is 2.33. The van der Waals surface area contributed by atoms with Crippen LogP contribution in [-0.2, 0) is 4.74 Å². The third-order valence-corrected chi connectivity index (χ3v) is 4.58. The molecule has 112 valence electrons. The fourth-order valence-corrected chi connectivity index (χ4v) is 3.34. The second-order valence-corrected chi connectivity index (χ2v) is 6.53. The van der Waals surface area contributed by atoms with Gasteiger partial charge < -0.3 is 10.1 Å². The van der Waals surface area contributed by atoms with E-state index in [-0.39, 0.29) is 11.2 Å². The lowest BCUT2D eigenvalue weighted by molar-refractivity contribution is 0.0642. The van der Waals surface area contributed by atoms with Crippen molar-refractivity contribution in [3.05, 3.63) is 16.0 Å². The summed E-state index contributed by atoms with van der Waals surface area (Å²) in [5.74, 6) is 0.234. The van der Waals surface area contributed by atoms with Crippen molar-refractivity contribution in [3.8, 4) is 0 Å². The van der Waals surface area contributed by atoms with E-state index in [1.54, 1.807) is 0 Å². The van der Waals surface area contributed by atoms with Gasteiger partial charge in [-0.25, -0.2) is 9.97 Å². The van der Waals surface area contributed by atoms with Crippen molar-refractivity contribution in [2.45, 2.75) is 19.8 Å². The van der Waals surface area contributed by atoms with Crippen LogP contribution in [0, 0.1) is 12.8 Å². The van der Waals surface area contributed by atoms with Gasteiger partial charge in [0.05, 0.1) is 5.01 Å². The number of hydrogen-bond acceptors (Lipinski definition) is 6. The Morgan fingerprint density at radius 2 is 2.14 bits per heavy atom. The highest BCUT2D eigenvalue weighted by Gasteiger charge is 2.20. The van der Waals surface area contributed by atoms with E-state index in [0.717, 1.165) is 31.1 Å². The third-order valence-electron chi connectivity index (χ3n) is 3.44. The lowest BCUT2D eigenvalue weighted by Crippen LogP contribution is -2.32. The summed E-state index contributed by atoms with van der Waals surface area (Å²) in [6, 6.07) is 0. The first-order chi connectivity index (χ1) is 10.1. The highest BCUT2D eigenvalue weighted by atomic mass is 35.5. The molecular formula is C13H15ClN4O2S. The summed E-state index contributed by atoms with van der Waals surface area (Å²) in [7, 11) is 0. The smallest absolute Gasteiger partial charge is 0.271 e. The Labute approximate surface area is 130 Å². The normalized spacial score (nSPS) is 16.3. The Hall–Kier alpha value is -1.31. The number of hydrogen-bond donors (Lipinski definition) is 1. The standard InChI is InChI=1S/C13H15ClN4O2S/c1-7-16-11-10(21-7)9(17-13(14)18-11)12(19)15-6-8-2-4-20-5-3-8/h8H,2-6H2,1H3,(H,15,19). The first-order valence-electron chi connectivity index (χ1n) is 6.80. The Morgan fingerprint density at radius 3 is 2.90 bits per heavy atom. The number of halogens is 1. The summed E-state index contributed by atoms with van der Waals surface area (Å²) in [6.07, 6.45) is 1.94. The molecule has 0 spiro atoms. The number of ether oxygens (including phenoxy) is 1. The van der Waals surface area contributed by atoms with Crippen molar-refractivity contribution < 1.29 is 9.53 Å². The van der Waals surface area contributed by atoms with Crippen molar-refractivity contribution in [3.63, 3.8) is 0 Å². The molecule has 0 aliphatic carbocycles. The van der Waals surface area contributed by atoms with Gasteiger partial charge >= 0.3 is 0 Å². The molecule has 0 aromatic carbocycles. The summed E-state index contributed by atoms with van der Waals surface area (Å²) < 4.78 is 5.99. The summed E-state index contributed by atoms with van der Waals surface area (Å²) in [5.41, 5.74) is 0.788. The Bertz CT molecular complexity index is 669. The Balaban J connectivity index is 1.77. The number of carbonyl (C=O) groups excluding carboxylic acids is 1. The molecule has 1 N–H and O–H groups in total. The number of fused-ring (bicyclic) bond motifs is 1. The average Bonchev–Trinajstić information content (AvgIpc) is 2.85. The summed E-state index contributed by atoms with van der Waals surface area (Å²) in [6.45, 7) is 4.02. The number of nitrogens with zero attached hydrogens (tertiary/aromatic N) is 3. The molecule has 1 aliphatic heterocycles. The van der Waals surface area contributed by atoms with Crippen LogP contribution in [0.2, 0.25) is 5.28 Å². The molecule has 0 bridgehead atoms. The van der Waals surface area contributed by atoms with Crippen LogP contribution in [0.15, 0.2) is 0 Å². The van der Waals surface area contributed by atoms with Crippen LogP contribution >= 0.6 is 22.9 Å². The van der Waals surface area contributed by atoms with Gasteiger partial charge in [0.1, 0.15) is 4.70 Å². The lowest BCUT2D eigenvalue weighted by atomic mass is 10.0. The number of aromatic nitrogens is 3.